The number of carboxylic acids is 1. The summed E-state index contributed by atoms with van der Waals surface area (Å²) in [5.41, 5.74) is 12.6. The average molecular weight is 1300 g/mol. The number of Topliss-reactive ketones (excluding diaryl/α,β-unsaturated/α-hetero) is 3. The number of nitrogens with zero attached hydrogens (tertiary/aromatic N) is 2. The van der Waals surface area contributed by atoms with Crippen LogP contribution in [0.15, 0.2) is 41.2 Å². The number of benzene rings is 2. The first-order valence-electron chi connectivity index (χ1n) is 30.4. The van der Waals surface area contributed by atoms with Gasteiger partial charge in [0.05, 0.1) is 80.7 Å². The number of cyclic esters (lactones) is 1. The minimum atomic E-state index is -2.06. The van der Waals surface area contributed by atoms with Crippen LogP contribution in [-0.2, 0) is 93.8 Å². The number of nitrogens with two attached hydrogens (primary N) is 2. The normalized spacial score (nSPS) is 16.1. The minimum absolute atomic E-state index is 0. The summed E-state index contributed by atoms with van der Waals surface area (Å²) in [6, 6.07) is 6.59. The fraction of sp³-hybridized carbons (Fsp3) is 0.524. The number of urea groups is 1. The second-order valence-corrected chi connectivity index (χ2v) is 23.1. The van der Waals surface area contributed by atoms with E-state index in [0.717, 1.165) is 5.56 Å². The number of esters is 1. The van der Waals surface area contributed by atoms with Gasteiger partial charge in [0.2, 0.25) is 17.7 Å². The molecule has 0 fully saturated rings. The van der Waals surface area contributed by atoms with Crippen LogP contribution in [0.2, 0.25) is 0 Å². The maximum atomic E-state index is 15.4. The number of fused-ring (bicyclic) bond motifs is 5. The Labute approximate surface area is 536 Å². The smallest absolute Gasteiger partial charge is 0.407 e. The van der Waals surface area contributed by atoms with Crippen LogP contribution in [0.3, 0.4) is 0 Å². The van der Waals surface area contributed by atoms with Crippen molar-refractivity contribution in [3.05, 3.63) is 91.5 Å². The zero-order valence-electron chi connectivity index (χ0n) is 52.0. The maximum absolute atomic E-state index is 15.4. The van der Waals surface area contributed by atoms with Crippen molar-refractivity contribution in [1.29, 1.82) is 0 Å². The highest BCUT2D eigenvalue weighted by atomic mass is 32.1. The number of aromatic nitrogens is 2. The number of pyridine rings is 2. The molecular weight excluding hydrogens is 1220 g/mol. The molecule has 0 unspecified atom stereocenters. The van der Waals surface area contributed by atoms with Crippen molar-refractivity contribution in [3.63, 3.8) is 0 Å². The molecule has 7 rings (SSSR count). The second-order valence-electron chi connectivity index (χ2n) is 23.1. The van der Waals surface area contributed by atoms with E-state index in [0.29, 0.717) is 76.2 Å². The third-order valence-electron chi connectivity index (χ3n) is 16.4. The predicted octanol–water partition coefficient (Wildman–Crippen LogP) is 3.57. The molecule has 500 valence electrons. The van der Waals surface area contributed by atoms with E-state index in [-0.39, 0.29) is 135 Å². The van der Waals surface area contributed by atoms with E-state index in [1.165, 1.54) is 22.8 Å². The van der Waals surface area contributed by atoms with E-state index >= 15 is 4.39 Å². The largest absolute Gasteiger partial charge is 0.481 e. The number of hydrogen-bond donors (Lipinski definition) is 9. The van der Waals surface area contributed by atoms with Gasteiger partial charge in [-0.2, -0.15) is 13.5 Å². The lowest BCUT2D eigenvalue weighted by molar-refractivity contribution is -0.172. The topological polar surface area (TPSA) is 404 Å². The molecule has 2 aliphatic heterocycles. The molecule has 0 saturated heterocycles. The van der Waals surface area contributed by atoms with Crippen LogP contribution >= 0.6 is 13.5 Å². The Morgan fingerprint density at radius 2 is 1.57 bits per heavy atom. The molecule has 3 aliphatic rings. The third kappa shape index (κ3) is 18.7. The van der Waals surface area contributed by atoms with Gasteiger partial charge < -0.3 is 76.5 Å². The van der Waals surface area contributed by atoms with Gasteiger partial charge in [0.15, 0.2) is 17.2 Å². The lowest BCUT2D eigenvalue weighted by Gasteiger charge is -2.31. The van der Waals surface area contributed by atoms with Crippen LogP contribution in [0.1, 0.15) is 130 Å². The number of ether oxygens (including phenoxy) is 5. The standard InChI is InChI=1S/C63H80FN9O18.H2S/c1-5-63(86)45-27-49-56-43(30-73(49)59(82)44(45)32-90-60(63)83)54-47(14-13-42-35(4)46(64)28-48(71-56)53(42)54)70-51(77)33-89-21-17-41(75)29-68-62(85)91-31-36-8-11-39(12-9-36)69-57(80)37(7-6-19-67-61(66)84)26-50(76)55(34(2)3)72-58(81)38(10-15-52(78)79)25-40(74)16-20-87-23-24-88-22-18-65;/h8-9,11-12,27-28,34,37-38,47,55,86H,5-7,10,13-26,29-33,65H2,1-4H3,(H,68,85)(H,69,80)(H,70,77)(H,72,81)(H,78,79)(H3,66,67,84);1H2/t37-,38-,47+,55+,63+;/m1./s1. The Morgan fingerprint density at radius 1 is 0.870 bits per heavy atom. The first-order valence-corrected chi connectivity index (χ1v) is 30.4. The third-order valence-corrected chi connectivity index (χ3v) is 16.4. The van der Waals surface area contributed by atoms with Gasteiger partial charge in [0.1, 0.15) is 31.4 Å². The lowest BCUT2D eigenvalue weighted by atomic mass is 9.81. The molecule has 29 heteroatoms. The molecule has 0 bridgehead atoms. The molecule has 2 aromatic heterocycles. The van der Waals surface area contributed by atoms with Crippen molar-refractivity contribution in [2.75, 3.05) is 64.6 Å². The van der Waals surface area contributed by atoms with E-state index in [2.05, 4.69) is 26.6 Å². The number of halogens is 1. The first kappa shape index (κ1) is 72.8. The lowest BCUT2D eigenvalue weighted by Crippen LogP contribution is -2.48. The van der Waals surface area contributed by atoms with Crippen LogP contribution < -0.4 is 43.6 Å². The summed E-state index contributed by atoms with van der Waals surface area (Å²) in [6.07, 6.45) is -1.22. The molecule has 2 aromatic carbocycles. The number of amides is 6. The Kier molecular flexibility index (Phi) is 26.8. The van der Waals surface area contributed by atoms with Gasteiger partial charge in [-0.1, -0.05) is 32.9 Å². The number of anilines is 1. The molecule has 4 heterocycles. The van der Waals surface area contributed by atoms with Crippen LogP contribution in [0.25, 0.3) is 22.3 Å². The van der Waals surface area contributed by atoms with Crippen molar-refractivity contribution in [2.24, 2.45) is 29.2 Å². The Morgan fingerprint density at radius 3 is 2.25 bits per heavy atom. The first-order chi connectivity index (χ1) is 43.4. The summed E-state index contributed by atoms with van der Waals surface area (Å²) in [5, 5.41) is 34.7. The molecule has 0 spiro atoms. The molecule has 6 amide bonds. The number of carbonyl (C=O) groups excluding carboxylic acids is 9. The maximum Gasteiger partial charge on any atom is 0.407 e. The number of carbonyl (C=O) groups is 10. The van der Waals surface area contributed by atoms with Gasteiger partial charge in [-0.15, -0.1) is 0 Å². The summed E-state index contributed by atoms with van der Waals surface area (Å²) < 4.78 is 43.6. The SMILES string of the molecule is CC[C@@]1(O)C(=O)OCc2c1cc1n(c2=O)Cc2c-1nc1cc(F)c(C)c3c1c2[C@@H](NC(=O)COCCC(=O)CNC(=O)OCc1ccc(NC(=O)[C@H](CCCNC(N)=O)CC(=O)[C@@H](NC(=O)[C@H](CCC(=O)O)CC(=O)CCOCCOCCN)C(C)C)cc1)CC3.S. The highest BCUT2D eigenvalue weighted by Crippen LogP contribution is 2.46. The predicted molar refractivity (Wildman–Crippen MR) is 335 cm³/mol. The number of primary amides is 1. The monoisotopic (exact) mass is 1300 g/mol. The fourth-order valence-electron chi connectivity index (χ4n) is 11.4. The zero-order valence-corrected chi connectivity index (χ0v) is 53.0. The van der Waals surface area contributed by atoms with E-state index in [9.17, 15) is 63.0 Å². The average Bonchev–Trinajstić information content (AvgIpc) is 1.46. The quantitative estimate of drug-likeness (QED) is 0.0204. The molecule has 27 nitrogen and oxygen atoms in total. The zero-order chi connectivity index (χ0) is 66.1. The number of aliphatic carboxylic acids is 1. The summed E-state index contributed by atoms with van der Waals surface area (Å²) in [6.45, 7) is 6.51. The molecule has 0 radical (unpaired) electrons. The van der Waals surface area contributed by atoms with Gasteiger partial charge in [0, 0.05) is 85.3 Å². The number of rotatable bonds is 36. The summed E-state index contributed by atoms with van der Waals surface area (Å²) >= 11 is 0. The molecule has 92 heavy (non-hydrogen) atoms. The van der Waals surface area contributed by atoms with Crippen LogP contribution in [0.5, 0.6) is 0 Å². The van der Waals surface area contributed by atoms with Gasteiger partial charge in [-0.05, 0) is 91.8 Å². The van der Waals surface area contributed by atoms with E-state index < -0.39 is 120 Å². The number of hydrogen-bond acceptors (Lipinski definition) is 19. The Balaban J connectivity index is 0.0000134. The van der Waals surface area contributed by atoms with Gasteiger partial charge >= 0.3 is 24.1 Å². The van der Waals surface area contributed by atoms with Crippen molar-refractivity contribution in [1.82, 2.24) is 30.8 Å². The number of alkyl carbamates (subject to hydrolysis) is 1. The van der Waals surface area contributed by atoms with E-state index in [1.54, 1.807) is 45.9 Å². The fourth-order valence-corrected chi connectivity index (χ4v) is 11.4. The Hall–Kier alpha value is -8.22. The van der Waals surface area contributed by atoms with Gasteiger partial charge in [-0.25, -0.2) is 23.8 Å². The van der Waals surface area contributed by atoms with Crippen LogP contribution in [0.4, 0.5) is 19.7 Å². The Bertz CT molecular complexity index is 3470. The number of ketones is 3. The second kappa shape index (κ2) is 33.9. The summed E-state index contributed by atoms with van der Waals surface area (Å²) in [5.74, 6) is -8.05. The molecule has 0 saturated carbocycles. The van der Waals surface area contributed by atoms with Gasteiger partial charge in [0.25, 0.3) is 5.56 Å². The van der Waals surface area contributed by atoms with Crippen molar-refractivity contribution in [3.8, 4) is 11.4 Å². The summed E-state index contributed by atoms with van der Waals surface area (Å²) in [7, 11) is 0. The molecule has 5 atom stereocenters. The molecule has 11 N–H and O–H groups in total. The van der Waals surface area contributed by atoms with Crippen LogP contribution in [-0.4, -0.2) is 144 Å². The molecule has 1 aliphatic carbocycles. The number of carboxylic acid groups (broad SMARTS) is 1. The van der Waals surface area contributed by atoms with E-state index in [4.69, 9.17) is 40.1 Å². The molecule has 4 aromatic rings. The highest BCUT2D eigenvalue weighted by molar-refractivity contribution is 7.59. The minimum Gasteiger partial charge on any atom is -0.481 e. The van der Waals surface area contributed by atoms with Gasteiger partial charge in [-0.3, -0.25) is 38.4 Å². The van der Waals surface area contributed by atoms with Crippen molar-refractivity contribution in [2.45, 2.75) is 136 Å². The number of aryl methyl sites for hydroxylation is 1. The number of nitrogens with one attached hydrogen (secondary N) is 5. The van der Waals surface area contributed by atoms with E-state index in [1.807, 2.05) is 0 Å². The summed E-state index contributed by atoms with van der Waals surface area (Å²) in [4.78, 5) is 148. The molecular formula is C63H82FN9O18S. The van der Waals surface area contributed by atoms with Crippen LogP contribution in [0, 0.1) is 30.5 Å². The number of aliphatic hydroxyl groups is 1. The van der Waals surface area contributed by atoms with Crippen molar-refractivity contribution < 1.29 is 86.2 Å². The highest BCUT2D eigenvalue weighted by Gasteiger charge is 2.46. The van der Waals surface area contributed by atoms with Crippen molar-refractivity contribution >= 4 is 89.2 Å².